The standard InChI is InChI=1S/C36H69NO5/c1-3-5-7-9-11-13-15-16-17-18-20-21-23-25-27-29-33(39)35(41)32(31-38)37-36(42)34(40)30-28-26-24-22-19-14-12-10-8-6-4-2/h16-17,21,23,32-35,38-41H,3-15,18-20,22,24-31H2,1-2H3,(H,37,42)/b17-16+,23-21+. The van der Waals surface area contributed by atoms with Gasteiger partial charge in [-0.1, -0.05) is 141 Å². The van der Waals surface area contributed by atoms with Crippen molar-refractivity contribution < 1.29 is 25.2 Å². The molecule has 0 aliphatic rings. The minimum Gasteiger partial charge on any atom is -0.394 e. The first kappa shape index (κ1) is 40.8. The van der Waals surface area contributed by atoms with Crippen LogP contribution in [0.4, 0.5) is 0 Å². The van der Waals surface area contributed by atoms with E-state index in [9.17, 15) is 25.2 Å². The van der Waals surface area contributed by atoms with Gasteiger partial charge in [0.05, 0.1) is 18.8 Å². The van der Waals surface area contributed by atoms with Crippen LogP contribution in [0.15, 0.2) is 24.3 Å². The van der Waals surface area contributed by atoms with E-state index >= 15 is 0 Å². The lowest BCUT2D eigenvalue weighted by Gasteiger charge is -2.27. The zero-order valence-corrected chi connectivity index (χ0v) is 27.5. The van der Waals surface area contributed by atoms with Crippen molar-refractivity contribution in [1.82, 2.24) is 5.32 Å². The fourth-order valence-corrected chi connectivity index (χ4v) is 5.24. The van der Waals surface area contributed by atoms with Crippen LogP contribution in [0.3, 0.4) is 0 Å². The summed E-state index contributed by atoms with van der Waals surface area (Å²) in [6.07, 6.45) is 32.0. The van der Waals surface area contributed by atoms with E-state index in [0.29, 0.717) is 19.3 Å². The van der Waals surface area contributed by atoms with Gasteiger partial charge < -0.3 is 25.7 Å². The van der Waals surface area contributed by atoms with Gasteiger partial charge in [-0.2, -0.15) is 0 Å². The summed E-state index contributed by atoms with van der Waals surface area (Å²) in [6, 6.07) is -1.00. The third kappa shape index (κ3) is 25.3. The molecule has 0 saturated heterocycles. The third-order valence-corrected chi connectivity index (χ3v) is 8.14. The third-order valence-electron chi connectivity index (χ3n) is 8.14. The first-order valence-corrected chi connectivity index (χ1v) is 17.7. The van der Waals surface area contributed by atoms with Gasteiger partial charge in [0.2, 0.25) is 5.91 Å². The van der Waals surface area contributed by atoms with Crippen LogP contribution < -0.4 is 5.32 Å². The molecule has 1 amide bonds. The van der Waals surface area contributed by atoms with Crippen molar-refractivity contribution in [2.45, 2.75) is 192 Å². The maximum atomic E-state index is 12.4. The molecule has 4 atom stereocenters. The van der Waals surface area contributed by atoms with Crippen LogP contribution in [-0.4, -0.2) is 57.3 Å². The Morgan fingerprint density at radius 2 is 1.00 bits per heavy atom. The van der Waals surface area contributed by atoms with E-state index in [1.165, 1.54) is 96.3 Å². The molecular weight excluding hydrogens is 526 g/mol. The van der Waals surface area contributed by atoms with Gasteiger partial charge in [-0.25, -0.2) is 0 Å². The highest BCUT2D eigenvalue weighted by Crippen LogP contribution is 2.14. The number of hydrogen-bond acceptors (Lipinski definition) is 5. The fraction of sp³-hybridized carbons (Fsp3) is 0.861. The molecule has 0 aromatic carbocycles. The Balaban J connectivity index is 3.92. The van der Waals surface area contributed by atoms with Gasteiger partial charge >= 0.3 is 0 Å². The monoisotopic (exact) mass is 596 g/mol. The average molecular weight is 596 g/mol. The Bertz CT molecular complexity index is 638. The van der Waals surface area contributed by atoms with E-state index in [4.69, 9.17) is 0 Å². The van der Waals surface area contributed by atoms with Crippen molar-refractivity contribution in [3.63, 3.8) is 0 Å². The smallest absolute Gasteiger partial charge is 0.249 e. The van der Waals surface area contributed by atoms with Crippen LogP contribution in [0.5, 0.6) is 0 Å². The number of unbranched alkanes of at least 4 members (excludes halogenated alkanes) is 18. The summed E-state index contributed by atoms with van der Waals surface area (Å²) in [4.78, 5) is 12.4. The molecule has 0 heterocycles. The number of aliphatic hydroxyl groups excluding tert-OH is 4. The van der Waals surface area contributed by atoms with Crippen LogP contribution in [0, 0.1) is 0 Å². The van der Waals surface area contributed by atoms with Gasteiger partial charge in [0, 0.05) is 0 Å². The lowest BCUT2D eigenvalue weighted by atomic mass is 10.00. The number of carbonyl (C=O) groups excluding carboxylic acids is 1. The van der Waals surface area contributed by atoms with E-state index in [-0.39, 0.29) is 0 Å². The number of carbonyl (C=O) groups is 1. The Morgan fingerprint density at radius 1 is 0.571 bits per heavy atom. The molecule has 0 saturated carbocycles. The largest absolute Gasteiger partial charge is 0.394 e. The summed E-state index contributed by atoms with van der Waals surface area (Å²) in [5.74, 6) is -0.601. The molecule has 5 N–H and O–H groups in total. The molecule has 0 aromatic rings. The SMILES string of the molecule is CCCCCCCC/C=C/CC/C=C/CCCC(O)C(O)C(CO)NC(=O)C(O)CCCCCCCCCCCCC. The predicted molar refractivity (Wildman–Crippen MR) is 177 cm³/mol. The van der Waals surface area contributed by atoms with Crippen molar-refractivity contribution in [2.75, 3.05) is 6.61 Å². The van der Waals surface area contributed by atoms with Crippen LogP contribution >= 0.6 is 0 Å². The zero-order valence-electron chi connectivity index (χ0n) is 27.5. The Labute approximate surface area is 259 Å². The van der Waals surface area contributed by atoms with Crippen LogP contribution in [-0.2, 0) is 4.79 Å². The molecule has 4 unspecified atom stereocenters. The molecule has 0 spiro atoms. The Hall–Kier alpha value is -1.21. The first-order chi connectivity index (χ1) is 20.5. The molecule has 0 aliphatic heterocycles. The number of allylic oxidation sites excluding steroid dienone is 4. The van der Waals surface area contributed by atoms with Crippen molar-refractivity contribution >= 4 is 5.91 Å². The molecule has 0 fully saturated rings. The van der Waals surface area contributed by atoms with Gasteiger partial charge in [0.25, 0.3) is 0 Å². The molecule has 6 heteroatoms. The lowest BCUT2D eigenvalue weighted by molar-refractivity contribution is -0.132. The maximum absolute atomic E-state index is 12.4. The fourth-order valence-electron chi connectivity index (χ4n) is 5.24. The molecule has 0 rings (SSSR count). The second-order valence-corrected chi connectivity index (χ2v) is 12.2. The first-order valence-electron chi connectivity index (χ1n) is 17.7. The molecule has 6 nitrogen and oxygen atoms in total. The van der Waals surface area contributed by atoms with Crippen molar-refractivity contribution in [3.8, 4) is 0 Å². The van der Waals surface area contributed by atoms with Gasteiger partial charge in [-0.15, -0.1) is 0 Å². The predicted octanol–water partition coefficient (Wildman–Crippen LogP) is 8.06. The van der Waals surface area contributed by atoms with E-state index in [1.807, 2.05) is 0 Å². The van der Waals surface area contributed by atoms with Gasteiger partial charge in [0.15, 0.2) is 0 Å². The van der Waals surface area contributed by atoms with Gasteiger partial charge in [0.1, 0.15) is 12.2 Å². The van der Waals surface area contributed by atoms with E-state index < -0.39 is 36.9 Å². The summed E-state index contributed by atoms with van der Waals surface area (Å²) in [6.45, 7) is 3.98. The second-order valence-electron chi connectivity index (χ2n) is 12.2. The molecule has 0 aromatic heterocycles. The zero-order chi connectivity index (χ0) is 31.1. The summed E-state index contributed by atoms with van der Waals surface area (Å²) < 4.78 is 0. The Morgan fingerprint density at radius 3 is 1.50 bits per heavy atom. The normalized spacial score (nSPS) is 14.9. The van der Waals surface area contributed by atoms with Crippen molar-refractivity contribution in [1.29, 1.82) is 0 Å². The quantitative estimate of drug-likeness (QED) is 0.0411. The van der Waals surface area contributed by atoms with Crippen LogP contribution in [0.25, 0.3) is 0 Å². The molecule has 0 bridgehead atoms. The summed E-state index contributed by atoms with van der Waals surface area (Å²) >= 11 is 0. The number of amides is 1. The Kier molecular flexibility index (Phi) is 30.3. The highest BCUT2D eigenvalue weighted by atomic mass is 16.3. The topological polar surface area (TPSA) is 110 Å². The minimum absolute atomic E-state index is 0.362. The van der Waals surface area contributed by atoms with E-state index in [1.54, 1.807) is 0 Å². The lowest BCUT2D eigenvalue weighted by Crippen LogP contribution is -2.53. The molecule has 0 radical (unpaired) electrons. The average Bonchev–Trinajstić information content (AvgIpc) is 2.99. The van der Waals surface area contributed by atoms with E-state index in [2.05, 4.69) is 43.5 Å². The second kappa shape index (κ2) is 31.2. The molecule has 0 aliphatic carbocycles. The number of hydrogen-bond donors (Lipinski definition) is 5. The minimum atomic E-state index is -1.28. The van der Waals surface area contributed by atoms with Crippen molar-refractivity contribution in [3.05, 3.63) is 24.3 Å². The van der Waals surface area contributed by atoms with Crippen molar-refractivity contribution in [2.24, 2.45) is 0 Å². The van der Waals surface area contributed by atoms with Gasteiger partial charge in [-0.3, -0.25) is 4.79 Å². The summed E-state index contributed by atoms with van der Waals surface area (Å²) in [7, 11) is 0. The van der Waals surface area contributed by atoms with Crippen LogP contribution in [0.1, 0.15) is 168 Å². The molecule has 42 heavy (non-hydrogen) atoms. The summed E-state index contributed by atoms with van der Waals surface area (Å²) in [5, 5.41) is 43.3. The number of rotatable bonds is 31. The van der Waals surface area contributed by atoms with Gasteiger partial charge in [-0.05, 0) is 51.4 Å². The number of aliphatic hydroxyl groups is 4. The highest BCUT2D eigenvalue weighted by Gasteiger charge is 2.28. The molecule has 248 valence electrons. The number of nitrogens with one attached hydrogen (secondary N) is 1. The maximum Gasteiger partial charge on any atom is 0.249 e. The highest BCUT2D eigenvalue weighted by molar-refractivity contribution is 5.80. The van der Waals surface area contributed by atoms with E-state index in [0.717, 1.165) is 38.5 Å². The molecular formula is C36H69NO5. The van der Waals surface area contributed by atoms with Crippen LogP contribution in [0.2, 0.25) is 0 Å². The summed E-state index contributed by atoms with van der Waals surface area (Å²) in [5.41, 5.74) is 0.